The highest BCUT2D eigenvalue weighted by Gasteiger charge is 2.27. The predicted octanol–water partition coefficient (Wildman–Crippen LogP) is -1.09. The van der Waals surface area contributed by atoms with Crippen molar-refractivity contribution in [3.8, 4) is 0 Å². The molecule has 0 radical (unpaired) electrons. The molecule has 46 valence electrons. The first kappa shape index (κ1) is 5.53. The Hall–Kier alpha value is -0.610. The van der Waals surface area contributed by atoms with Gasteiger partial charge in [0.15, 0.2) is 6.10 Å². The van der Waals surface area contributed by atoms with E-state index < -0.39 is 11.2 Å². The Labute approximate surface area is 46.6 Å². The van der Waals surface area contributed by atoms with E-state index in [1.54, 1.807) is 6.92 Å². The molecule has 1 amide bonds. The van der Waals surface area contributed by atoms with Crippen LogP contribution >= 0.6 is 0 Å². The fourth-order valence-corrected chi connectivity index (χ4v) is 0.635. The van der Waals surface area contributed by atoms with Gasteiger partial charge in [-0.15, -0.1) is 0 Å². The van der Waals surface area contributed by atoms with Crippen molar-refractivity contribution in [2.45, 2.75) is 13.0 Å². The number of hydrogen-bond donors (Lipinski definition) is 1. The second-order valence-electron chi connectivity index (χ2n) is 1.84. The number of rotatable bonds is 0. The number of carbonyl (C=O) groups is 1. The lowest BCUT2D eigenvalue weighted by atomic mass is 10.4. The van der Waals surface area contributed by atoms with E-state index in [-0.39, 0.29) is 12.6 Å². The van der Waals surface area contributed by atoms with Crippen molar-refractivity contribution in [3.63, 3.8) is 0 Å². The highest BCUT2D eigenvalue weighted by atomic mass is 16.7. The van der Waals surface area contributed by atoms with E-state index in [1.807, 2.05) is 0 Å². The second kappa shape index (κ2) is 1.72. The zero-order valence-electron chi connectivity index (χ0n) is 4.51. The molecular weight excluding hydrogens is 110 g/mol. The fourth-order valence-electron chi connectivity index (χ4n) is 0.635. The summed E-state index contributed by atoms with van der Waals surface area (Å²) in [6, 6.07) is 0. The van der Waals surface area contributed by atoms with E-state index in [0.717, 1.165) is 0 Å². The Morgan fingerprint density at radius 2 is 2.62 bits per heavy atom. The van der Waals surface area contributed by atoms with Crippen LogP contribution in [0.2, 0.25) is 0 Å². The zero-order valence-corrected chi connectivity index (χ0v) is 4.51. The Morgan fingerprint density at radius 1 is 2.00 bits per heavy atom. The number of quaternary nitrogens is 1. The molecule has 2 unspecified atom stereocenters. The highest BCUT2D eigenvalue weighted by molar-refractivity contribution is 5.58. The topological polar surface area (TPSA) is 53.8 Å². The molecule has 2 atom stereocenters. The number of alkyl carbamates (subject to hydrolysis) is 1. The molecule has 0 aromatic rings. The molecule has 0 aromatic carbocycles. The van der Waals surface area contributed by atoms with E-state index in [0.29, 0.717) is 0 Å². The van der Waals surface area contributed by atoms with Gasteiger partial charge < -0.3 is 9.94 Å². The van der Waals surface area contributed by atoms with Crippen molar-refractivity contribution in [1.82, 2.24) is 0 Å². The van der Waals surface area contributed by atoms with Gasteiger partial charge in [-0.05, 0) is 6.92 Å². The van der Waals surface area contributed by atoms with Crippen LogP contribution in [-0.2, 0) is 4.74 Å². The molecule has 1 fully saturated rings. The largest absolute Gasteiger partial charge is 0.624 e. The molecule has 0 aliphatic carbocycles. The minimum Gasteiger partial charge on any atom is -0.624 e. The van der Waals surface area contributed by atoms with Crippen LogP contribution in [0.3, 0.4) is 0 Å². The minimum absolute atomic E-state index is 0.199. The van der Waals surface area contributed by atoms with Crippen molar-refractivity contribution in [2.75, 3.05) is 6.54 Å². The number of hydrogen-bond acceptors (Lipinski definition) is 3. The molecule has 1 aliphatic rings. The first-order valence-corrected chi connectivity index (χ1v) is 2.44. The van der Waals surface area contributed by atoms with Gasteiger partial charge in [-0.1, -0.05) is 0 Å². The molecule has 1 saturated heterocycles. The van der Waals surface area contributed by atoms with Gasteiger partial charge in [0.25, 0.3) is 0 Å². The van der Waals surface area contributed by atoms with Crippen molar-refractivity contribution in [3.05, 3.63) is 5.21 Å². The lowest BCUT2D eigenvalue weighted by molar-refractivity contribution is -0.750. The summed E-state index contributed by atoms with van der Waals surface area (Å²) < 4.78 is 4.48. The second-order valence-corrected chi connectivity index (χ2v) is 1.84. The van der Waals surface area contributed by atoms with Gasteiger partial charge in [0.05, 0.1) is 0 Å². The van der Waals surface area contributed by atoms with Crippen molar-refractivity contribution in [2.24, 2.45) is 0 Å². The maximum atomic E-state index is 10.3. The Bertz CT molecular complexity index is 114. The fraction of sp³-hybridized carbons (Fsp3) is 0.750. The Kier molecular flexibility index (Phi) is 1.19. The molecule has 4 heteroatoms. The van der Waals surface area contributed by atoms with E-state index in [4.69, 9.17) is 0 Å². The first-order chi connectivity index (χ1) is 3.70. The zero-order chi connectivity index (χ0) is 6.15. The van der Waals surface area contributed by atoms with Crippen LogP contribution in [-0.4, -0.2) is 18.7 Å². The van der Waals surface area contributed by atoms with Crippen molar-refractivity contribution in [1.29, 1.82) is 0 Å². The predicted molar refractivity (Wildman–Crippen MR) is 25.1 cm³/mol. The van der Waals surface area contributed by atoms with Crippen LogP contribution in [0.1, 0.15) is 6.92 Å². The number of cyclic esters (lactones) is 1. The SMILES string of the molecule is CC1C[NH+]([O-])C(=O)O1. The number of ether oxygens (including phenoxy) is 1. The third kappa shape index (κ3) is 0.801. The van der Waals surface area contributed by atoms with Crippen LogP contribution in [0.15, 0.2) is 0 Å². The molecule has 1 heterocycles. The third-order valence-electron chi connectivity index (χ3n) is 1.01. The monoisotopic (exact) mass is 117 g/mol. The normalized spacial score (nSPS) is 37.5. The summed E-state index contributed by atoms with van der Waals surface area (Å²) in [6.07, 6.45) is -0.882. The Balaban J connectivity index is 2.51. The summed E-state index contributed by atoms with van der Waals surface area (Å²) in [6.45, 7) is 1.95. The highest BCUT2D eigenvalue weighted by Crippen LogP contribution is 1.90. The van der Waals surface area contributed by atoms with Gasteiger partial charge in [-0.25, -0.2) is 0 Å². The molecule has 8 heavy (non-hydrogen) atoms. The first-order valence-electron chi connectivity index (χ1n) is 2.44. The molecule has 0 bridgehead atoms. The summed E-state index contributed by atoms with van der Waals surface area (Å²) in [5, 5.41) is 9.90. The average Bonchev–Trinajstić information content (AvgIpc) is 1.85. The van der Waals surface area contributed by atoms with Gasteiger partial charge >= 0.3 is 6.09 Å². The number of amides is 1. The molecule has 1 N–H and O–H groups in total. The van der Waals surface area contributed by atoms with E-state index in [9.17, 15) is 10.0 Å². The summed E-state index contributed by atoms with van der Waals surface area (Å²) in [7, 11) is 0. The summed E-state index contributed by atoms with van der Waals surface area (Å²) >= 11 is 0. The minimum atomic E-state index is -0.683. The van der Waals surface area contributed by atoms with E-state index in [2.05, 4.69) is 4.74 Å². The van der Waals surface area contributed by atoms with Gasteiger partial charge in [-0.2, -0.15) is 4.79 Å². The summed E-state index contributed by atoms with van der Waals surface area (Å²) in [4.78, 5) is 10.2. The molecule has 1 rings (SSSR count). The number of carbonyl (C=O) groups excluding carboxylic acids is 1. The van der Waals surface area contributed by atoms with Gasteiger partial charge in [-0.3, -0.25) is 5.06 Å². The Morgan fingerprint density at radius 3 is 2.75 bits per heavy atom. The van der Waals surface area contributed by atoms with Gasteiger partial charge in [0, 0.05) is 0 Å². The molecule has 0 saturated carbocycles. The van der Waals surface area contributed by atoms with Crippen LogP contribution in [0.5, 0.6) is 0 Å². The molecule has 0 spiro atoms. The lowest BCUT2D eigenvalue weighted by Gasteiger charge is -2.05. The maximum Gasteiger partial charge on any atom is 0.515 e. The van der Waals surface area contributed by atoms with Gasteiger partial charge in [0.2, 0.25) is 0 Å². The molecular formula is C4H7NO3. The summed E-state index contributed by atoms with van der Waals surface area (Å²) in [5.41, 5.74) is 0. The number of hydroxylamine groups is 2. The molecule has 0 aromatic heterocycles. The third-order valence-corrected chi connectivity index (χ3v) is 1.01. The average molecular weight is 117 g/mol. The smallest absolute Gasteiger partial charge is 0.515 e. The van der Waals surface area contributed by atoms with Gasteiger partial charge in [0.1, 0.15) is 6.54 Å². The van der Waals surface area contributed by atoms with Crippen LogP contribution in [0, 0.1) is 5.21 Å². The lowest BCUT2D eigenvalue weighted by Crippen LogP contribution is -3.07. The standard InChI is InChI=1S/C4H7NO3/c1-3-2-5(7)4(6)8-3/h3,5H,2H2,1H3. The van der Waals surface area contributed by atoms with E-state index in [1.165, 1.54) is 0 Å². The maximum absolute atomic E-state index is 10.3. The number of nitrogens with one attached hydrogen (secondary N) is 1. The van der Waals surface area contributed by atoms with Crippen molar-refractivity contribution < 1.29 is 14.6 Å². The van der Waals surface area contributed by atoms with E-state index >= 15 is 0 Å². The van der Waals surface area contributed by atoms with Crippen molar-refractivity contribution >= 4 is 6.09 Å². The van der Waals surface area contributed by atoms with Crippen LogP contribution in [0.25, 0.3) is 0 Å². The van der Waals surface area contributed by atoms with Crippen LogP contribution in [0.4, 0.5) is 4.79 Å². The molecule has 1 aliphatic heterocycles. The quantitative estimate of drug-likeness (QED) is 0.410. The summed E-state index contributed by atoms with van der Waals surface area (Å²) in [5.74, 6) is 0. The molecule has 4 nitrogen and oxygen atoms in total. The van der Waals surface area contributed by atoms with Crippen LogP contribution < -0.4 is 5.06 Å².